The maximum absolute atomic E-state index is 13.5. The molecule has 212 valence electrons. The van der Waals surface area contributed by atoms with Gasteiger partial charge < -0.3 is 23.7 Å². The fraction of sp³-hybridized carbons (Fsp3) is 0.769. The van der Waals surface area contributed by atoms with E-state index in [9.17, 15) is 21.6 Å². The van der Waals surface area contributed by atoms with Gasteiger partial charge in [0.1, 0.15) is 36.6 Å². The molecule has 3 saturated carbocycles. The van der Waals surface area contributed by atoms with Crippen LogP contribution in [0.2, 0.25) is 0 Å². The van der Waals surface area contributed by atoms with Crippen molar-refractivity contribution >= 4 is 10.1 Å². The minimum atomic E-state index is -5.97. The van der Waals surface area contributed by atoms with Crippen LogP contribution in [0.4, 0.5) is 13.2 Å². The molecule has 0 bridgehead atoms. The number of ether oxygens (including phenoxy) is 5. The number of fused-ring (bicyclic) bond motifs is 3. The fourth-order valence-electron chi connectivity index (χ4n) is 6.62. The molecule has 0 radical (unpaired) electrons. The van der Waals surface area contributed by atoms with Gasteiger partial charge in [0.25, 0.3) is 0 Å². The SMILES string of the molecule is O=S(=O)(O[C@@H]1[C@@H](OCc2ccccc2)[C@@H]2OC3(CCCCC3)O[C@@H]2[C@H]2OC3(CCCCC3)O[C@H]21)C(F)(F)F. The minimum Gasteiger partial charge on any atom is -0.368 e. The molecule has 2 heterocycles. The van der Waals surface area contributed by atoms with Crippen LogP contribution in [0.1, 0.15) is 69.8 Å². The summed E-state index contributed by atoms with van der Waals surface area (Å²) in [5, 5.41) is 0. The molecule has 6 atom stereocenters. The molecule has 5 fully saturated rings. The number of halogens is 3. The Labute approximate surface area is 220 Å². The first-order valence-electron chi connectivity index (χ1n) is 13.5. The Morgan fingerprint density at radius 2 is 1.21 bits per heavy atom. The molecule has 0 N–H and O–H groups in total. The second-order valence-corrected chi connectivity index (χ2v) is 12.6. The van der Waals surface area contributed by atoms with E-state index in [4.69, 9.17) is 27.9 Å². The molecule has 2 aliphatic heterocycles. The maximum Gasteiger partial charge on any atom is 0.523 e. The van der Waals surface area contributed by atoms with E-state index in [0.29, 0.717) is 25.7 Å². The van der Waals surface area contributed by atoms with E-state index in [-0.39, 0.29) is 6.61 Å². The summed E-state index contributed by atoms with van der Waals surface area (Å²) < 4.78 is 102. The van der Waals surface area contributed by atoms with Crippen molar-refractivity contribution < 1.29 is 49.5 Å². The van der Waals surface area contributed by atoms with Crippen LogP contribution in [-0.2, 0) is 44.6 Å². The van der Waals surface area contributed by atoms with Crippen LogP contribution in [-0.4, -0.2) is 62.1 Å². The van der Waals surface area contributed by atoms with E-state index < -0.39 is 63.8 Å². The molecule has 5 aliphatic rings. The second kappa shape index (κ2) is 9.97. The Balaban J connectivity index is 1.38. The first-order valence-corrected chi connectivity index (χ1v) is 14.9. The van der Waals surface area contributed by atoms with E-state index in [1.165, 1.54) is 0 Å². The van der Waals surface area contributed by atoms with Crippen molar-refractivity contribution in [1.82, 2.24) is 0 Å². The smallest absolute Gasteiger partial charge is 0.368 e. The van der Waals surface area contributed by atoms with E-state index in [0.717, 1.165) is 44.1 Å². The van der Waals surface area contributed by atoms with E-state index in [1.54, 1.807) is 0 Å². The van der Waals surface area contributed by atoms with Crippen LogP contribution in [0.25, 0.3) is 0 Å². The molecule has 38 heavy (non-hydrogen) atoms. The Hall–Kier alpha value is -1.28. The largest absolute Gasteiger partial charge is 0.523 e. The van der Waals surface area contributed by atoms with E-state index >= 15 is 0 Å². The summed E-state index contributed by atoms with van der Waals surface area (Å²) in [5.41, 5.74) is -4.84. The average molecular weight is 563 g/mol. The third kappa shape index (κ3) is 4.90. The molecule has 3 aliphatic carbocycles. The zero-order valence-electron chi connectivity index (χ0n) is 20.9. The van der Waals surface area contributed by atoms with Gasteiger partial charge in [0.05, 0.1) is 6.61 Å². The molecule has 12 heteroatoms. The van der Waals surface area contributed by atoms with Crippen molar-refractivity contribution in [2.45, 2.75) is 125 Å². The maximum atomic E-state index is 13.5. The number of hydrogen-bond acceptors (Lipinski definition) is 8. The predicted octanol–water partition coefficient (Wildman–Crippen LogP) is 4.71. The summed E-state index contributed by atoms with van der Waals surface area (Å²) in [7, 11) is -5.97. The lowest BCUT2D eigenvalue weighted by atomic mass is 9.85. The summed E-state index contributed by atoms with van der Waals surface area (Å²) in [6.07, 6.45) is 1.36. The monoisotopic (exact) mass is 562 g/mol. The lowest BCUT2D eigenvalue weighted by molar-refractivity contribution is -0.226. The van der Waals surface area contributed by atoms with Crippen molar-refractivity contribution in [2.75, 3.05) is 0 Å². The second-order valence-electron chi connectivity index (χ2n) is 11.0. The highest BCUT2D eigenvalue weighted by atomic mass is 32.2. The molecule has 8 nitrogen and oxygen atoms in total. The van der Waals surface area contributed by atoms with Crippen LogP contribution in [0.3, 0.4) is 0 Å². The minimum absolute atomic E-state index is 0.0143. The molecule has 0 amide bonds. The number of hydrogen-bond donors (Lipinski definition) is 0. The summed E-state index contributed by atoms with van der Waals surface area (Å²) in [4.78, 5) is 0. The van der Waals surface area contributed by atoms with E-state index in [1.807, 2.05) is 30.3 Å². The van der Waals surface area contributed by atoms with Gasteiger partial charge in [0.2, 0.25) is 0 Å². The highest BCUT2D eigenvalue weighted by molar-refractivity contribution is 7.87. The zero-order valence-corrected chi connectivity index (χ0v) is 21.8. The van der Waals surface area contributed by atoms with Crippen LogP contribution in [0.15, 0.2) is 30.3 Å². The quantitative estimate of drug-likeness (QED) is 0.377. The highest BCUT2D eigenvalue weighted by Crippen LogP contribution is 2.53. The topological polar surface area (TPSA) is 89.5 Å². The van der Waals surface area contributed by atoms with Crippen LogP contribution in [0.5, 0.6) is 0 Å². The lowest BCUT2D eigenvalue weighted by Gasteiger charge is -2.42. The van der Waals surface area contributed by atoms with Gasteiger partial charge in [0, 0.05) is 25.7 Å². The standard InChI is InChI=1S/C26H33F3O8S/c27-26(28,29)38(30,31)37-23-18(32-16-17-10-4-1-5-11-17)19-20(34-24(33-19)12-6-2-7-13-24)21-22(23)36-25(35-21)14-8-3-9-15-25/h1,4-5,10-11,18-23H,2-3,6-9,12-16H2/t18-,19-,20-,21+,22+,23+/m0/s1. The molecular formula is C26H33F3O8S. The van der Waals surface area contributed by atoms with Gasteiger partial charge >= 0.3 is 15.6 Å². The van der Waals surface area contributed by atoms with E-state index in [2.05, 4.69) is 0 Å². The van der Waals surface area contributed by atoms with Crippen LogP contribution >= 0.6 is 0 Å². The van der Waals surface area contributed by atoms with Gasteiger partial charge in [-0.2, -0.15) is 21.6 Å². The fourth-order valence-corrected chi connectivity index (χ4v) is 7.25. The van der Waals surface area contributed by atoms with Gasteiger partial charge in [-0.05, 0) is 31.2 Å². The van der Waals surface area contributed by atoms with Crippen molar-refractivity contribution in [1.29, 1.82) is 0 Å². The normalized spacial score (nSPS) is 36.3. The van der Waals surface area contributed by atoms with Crippen molar-refractivity contribution in [3.8, 4) is 0 Å². The molecule has 2 spiro atoms. The lowest BCUT2D eigenvalue weighted by Crippen LogP contribution is -2.63. The average Bonchev–Trinajstić information content (AvgIpc) is 3.43. The number of benzene rings is 1. The highest BCUT2D eigenvalue weighted by Gasteiger charge is 2.68. The van der Waals surface area contributed by atoms with Crippen LogP contribution < -0.4 is 0 Å². The molecule has 0 unspecified atom stereocenters. The molecular weight excluding hydrogens is 529 g/mol. The van der Waals surface area contributed by atoms with Crippen LogP contribution in [0, 0.1) is 0 Å². The Kier molecular flexibility index (Phi) is 7.06. The summed E-state index contributed by atoms with van der Waals surface area (Å²) >= 11 is 0. The molecule has 1 aromatic rings. The summed E-state index contributed by atoms with van der Waals surface area (Å²) in [5.74, 6) is -1.95. The Bertz CT molecular complexity index is 1090. The van der Waals surface area contributed by atoms with Gasteiger partial charge in [-0.15, -0.1) is 0 Å². The Morgan fingerprint density at radius 3 is 1.71 bits per heavy atom. The zero-order chi connectivity index (χ0) is 26.6. The third-order valence-electron chi connectivity index (χ3n) is 8.38. The molecule has 1 aromatic carbocycles. The van der Waals surface area contributed by atoms with Gasteiger partial charge in [0.15, 0.2) is 11.6 Å². The van der Waals surface area contributed by atoms with Crippen molar-refractivity contribution in [2.24, 2.45) is 0 Å². The summed E-state index contributed by atoms with van der Waals surface area (Å²) in [6.45, 7) is 0.0143. The van der Waals surface area contributed by atoms with Gasteiger partial charge in [-0.1, -0.05) is 43.2 Å². The van der Waals surface area contributed by atoms with Crippen molar-refractivity contribution in [3.05, 3.63) is 35.9 Å². The number of rotatable bonds is 5. The van der Waals surface area contributed by atoms with Gasteiger partial charge in [-0.25, -0.2) is 0 Å². The first kappa shape index (κ1) is 26.9. The molecule has 2 saturated heterocycles. The predicted molar refractivity (Wildman–Crippen MR) is 126 cm³/mol. The van der Waals surface area contributed by atoms with Gasteiger partial charge in [-0.3, -0.25) is 4.18 Å². The third-order valence-corrected chi connectivity index (χ3v) is 9.43. The molecule has 6 rings (SSSR count). The number of alkyl halides is 3. The first-order chi connectivity index (χ1) is 18.1. The molecule has 0 aromatic heterocycles. The summed E-state index contributed by atoms with van der Waals surface area (Å²) in [6, 6.07) is 9.08. The Morgan fingerprint density at radius 1 is 0.737 bits per heavy atom. The van der Waals surface area contributed by atoms with Crippen molar-refractivity contribution in [3.63, 3.8) is 0 Å².